The van der Waals surface area contributed by atoms with Crippen LogP contribution in [0.3, 0.4) is 0 Å². The van der Waals surface area contributed by atoms with Crippen LogP contribution in [0.15, 0.2) is 60.7 Å². The van der Waals surface area contributed by atoms with Crippen LogP contribution >= 0.6 is 0 Å². The van der Waals surface area contributed by atoms with Gasteiger partial charge in [0, 0.05) is 24.8 Å². The molecule has 0 aliphatic rings. The van der Waals surface area contributed by atoms with Crippen LogP contribution in [0.1, 0.15) is 30.1 Å². The van der Waals surface area contributed by atoms with Gasteiger partial charge in [-0.15, -0.1) is 0 Å². The lowest BCUT2D eigenvalue weighted by Crippen LogP contribution is -3.06. The number of ether oxygens (including phenoxy) is 1. The zero-order valence-corrected chi connectivity index (χ0v) is 18.0. The van der Waals surface area contributed by atoms with Gasteiger partial charge in [0.1, 0.15) is 18.2 Å². The van der Waals surface area contributed by atoms with Gasteiger partial charge in [-0.1, -0.05) is 60.7 Å². The molecule has 2 rings (SSSR count). The van der Waals surface area contributed by atoms with E-state index in [9.17, 15) is 29.7 Å². The summed E-state index contributed by atoms with van der Waals surface area (Å²) in [6.07, 6.45) is -2.69. The van der Waals surface area contributed by atoms with Gasteiger partial charge in [-0.3, -0.25) is 0 Å². The number of nitrogens with one attached hydrogen (secondary N) is 1. The summed E-state index contributed by atoms with van der Waals surface area (Å²) in [5.41, 5.74) is -0.553. The summed E-state index contributed by atoms with van der Waals surface area (Å²) in [6, 6.07) is 20.8. The molecular formula is C23H27NO8-2. The van der Waals surface area contributed by atoms with Gasteiger partial charge in [0.2, 0.25) is 0 Å². The average Bonchev–Trinajstić information content (AvgIpc) is 2.71. The number of aliphatic carboxylic acids is 3. The monoisotopic (exact) mass is 445 g/mol. The third-order valence-corrected chi connectivity index (χ3v) is 4.34. The van der Waals surface area contributed by atoms with Gasteiger partial charge in [0.05, 0.1) is 26.7 Å². The van der Waals surface area contributed by atoms with Gasteiger partial charge >= 0.3 is 0 Å². The first kappa shape index (κ1) is 26.8. The zero-order chi connectivity index (χ0) is 24.1. The largest absolute Gasteiger partial charge is 0.550 e. The molecule has 0 bridgehead atoms. The van der Waals surface area contributed by atoms with E-state index in [1.807, 2.05) is 12.1 Å². The van der Waals surface area contributed by atoms with Crippen molar-refractivity contribution < 1.29 is 44.4 Å². The number of quaternary nitrogens is 1. The maximum Gasteiger partial charge on any atom is 0.114 e. The molecule has 0 aromatic heterocycles. The molecule has 0 aliphatic carbocycles. The number of likely N-dealkylation sites (N-methyl/N-ethyl adjacent to an activating group) is 1. The van der Waals surface area contributed by atoms with E-state index in [2.05, 4.69) is 62.6 Å². The standard InChI is InChI=1S/C17H21NO.C6H8O7/c1-18(2)13-14-19-17(15-9-5-3-6-10-15)16-11-7-4-8-12-16;7-3(8)1-6(13,5(11)12)2-4(9)10/h3-12,17H,13-14H2,1-2H3;13H,1-2H2,(H,7,8)(H,9,10)(H,11,12)/p-2. The predicted molar refractivity (Wildman–Crippen MR) is 108 cm³/mol. The fourth-order valence-corrected chi connectivity index (χ4v) is 2.71. The molecule has 0 heterocycles. The third-order valence-electron chi connectivity index (χ3n) is 4.34. The van der Waals surface area contributed by atoms with Crippen molar-refractivity contribution >= 4 is 17.9 Å². The maximum atomic E-state index is 10.1. The molecule has 0 spiro atoms. The SMILES string of the molecule is C[NH+](C)CCOC(c1ccccc1)c1ccccc1.O=C([O-])CC(O)(CC(=O)[O-])C(=O)[O-]. The van der Waals surface area contributed by atoms with Crippen LogP contribution in [0.5, 0.6) is 0 Å². The quantitative estimate of drug-likeness (QED) is 0.364. The number of hydrogen-bond donors (Lipinski definition) is 2. The fourth-order valence-electron chi connectivity index (χ4n) is 2.71. The van der Waals surface area contributed by atoms with Crippen LogP contribution in [-0.2, 0) is 19.1 Å². The van der Waals surface area contributed by atoms with Crippen molar-refractivity contribution in [1.29, 1.82) is 0 Å². The number of aliphatic hydroxyl groups is 1. The van der Waals surface area contributed by atoms with Crippen LogP contribution < -0.4 is 20.2 Å². The molecule has 2 aromatic carbocycles. The van der Waals surface area contributed by atoms with Crippen LogP contribution in [0.2, 0.25) is 0 Å². The first-order valence-electron chi connectivity index (χ1n) is 9.89. The van der Waals surface area contributed by atoms with Gasteiger partial charge in [-0.25, -0.2) is 0 Å². The molecule has 0 amide bonds. The minimum Gasteiger partial charge on any atom is -0.550 e. The number of benzene rings is 2. The van der Waals surface area contributed by atoms with Crippen molar-refractivity contribution in [3.8, 4) is 0 Å². The molecule has 0 radical (unpaired) electrons. The van der Waals surface area contributed by atoms with Crippen molar-refractivity contribution in [3.63, 3.8) is 0 Å². The Labute approximate surface area is 186 Å². The summed E-state index contributed by atoms with van der Waals surface area (Å²) in [5, 5.41) is 38.9. The summed E-state index contributed by atoms with van der Waals surface area (Å²) in [4.78, 5) is 31.4. The van der Waals surface area contributed by atoms with E-state index in [-0.39, 0.29) is 6.10 Å². The molecule has 174 valence electrons. The van der Waals surface area contributed by atoms with Gasteiger partial charge < -0.3 is 44.4 Å². The van der Waals surface area contributed by atoms with E-state index in [4.69, 9.17) is 9.84 Å². The molecule has 0 fully saturated rings. The number of carbonyl (C=O) groups is 3. The highest BCUT2D eigenvalue weighted by atomic mass is 16.5. The highest BCUT2D eigenvalue weighted by Crippen LogP contribution is 2.25. The number of carbonyl (C=O) groups excluding carboxylic acids is 3. The third kappa shape index (κ3) is 9.69. The Morgan fingerprint density at radius 1 is 0.875 bits per heavy atom. The summed E-state index contributed by atoms with van der Waals surface area (Å²) in [7, 11) is 4.28. The Balaban J connectivity index is 0.000000347. The second kappa shape index (κ2) is 13.2. The molecule has 9 heteroatoms. The minimum absolute atomic E-state index is 0.0294. The Morgan fingerprint density at radius 2 is 1.28 bits per heavy atom. The highest BCUT2D eigenvalue weighted by molar-refractivity contribution is 5.86. The van der Waals surface area contributed by atoms with E-state index in [1.54, 1.807) is 0 Å². The molecule has 0 atom stereocenters. The minimum atomic E-state index is -2.97. The van der Waals surface area contributed by atoms with E-state index >= 15 is 0 Å². The van der Waals surface area contributed by atoms with E-state index in [0.717, 1.165) is 13.2 Å². The van der Waals surface area contributed by atoms with E-state index < -0.39 is 36.4 Å². The first-order valence-corrected chi connectivity index (χ1v) is 9.89. The number of rotatable bonds is 11. The van der Waals surface area contributed by atoms with Crippen molar-refractivity contribution in [2.45, 2.75) is 24.5 Å². The van der Waals surface area contributed by atoms with Gasteiger partial charge in [0.15, 0.2) is 0 Å². The second-order valence-corrected chi connectivity index (χ2v) is 7.45. The number of carboxylic acids is 3. The summed E-state index contributed by atoms with van der Waals surface area (Å²) in [6.45, 7) is 1.77. The van der Waals surface area contributed by atoms with Gasteiger partial charge in [-0.05, 0) is 11.1 Å². The van der Waals surface area contributed by atoms with E-state index in [0.29, 0.717) is 0 Å². The molecule has 0 saturated carbocycles. The predicted octanol–water partition coefficient (Wildman–Crippen LogP) is -3.32. The molecule has 2 N–H and O–H groups in total. The topological polar surface area (TPSA) is 154 Å². The Hall–Kier alpha value is -3.27. The highest BCUT2D eigenvalue weighted by Gasteiger charge is 2.29. The lowest BCUT2D eigenvalue weighted by molar-refractivity contribution is -0.858. The van der Waals surface area contributed by atoms with Gasteiger partial charge in [-0.2, -0.15) is 0 Å². The average molecular weight is 445 g/mol. The fraction of sp³-hybridized carbons (Fsp3) is 0.348. The van der Waals surface area contributed by atoms with Crippen molar-refractivity contribution in [2.24, 2.45) is 0 Å². The van der Waals surface area contributed by atoms with Crippen LogP contribution in [0.4, 0.5) is 0 Å². The van der Waals surface area contributed by atoms with Crippen LogP contribution in [0, 0.1) is 0 Å². The number of carboxylic acid groups (broad SMARTS) is 3. The molecule has 0 aliphatic heterocycles. The summed E-state index contributed by atoms with van der Waals surface area (Å²) < 4.78 is 6.10. The Morgan fingerprint density at radius 3 is 1.59 bits per heavy atom. The smallest absolute Gasteiger partial charge is 0.114 e. The zero-order valence-electron chi connectivity index (χ0n) is 18.0. The summed E-state index contributed by atoms with van der Waals surface area (Å²) in [5.74, 6) is -5.98. The molecular weight excluding hydrogens is 418 g/mol. The van der Waals surface area contributed by atoms with Crippen molar-refractivity contribution in [2.75, 3.05) is 27.2 Å². The van der Waals surface area contributed by atoms with Crippen molar-refractivity contribution in [1.82, 2.24) is 0 Å². The summed E-state index contributed by atoms with van der Waals surface area (Å²) >= 11 is 0. The normalized spacial score (nSPS) is 11.0. The Bertz CT molecular complexity index is 799. The maximum absolute atomic E-state index is 10.1. The van der Waals surface area contributed by atoms with Crippen molar-refractivity contribution in [3.05, 3.63) is 71.8 Å². The molecule has 0 unspecified atom stereocenters. The lowest BCUT2D eigenvalue weighted by Gasteiger charge is -2.29. The lowest BCUT2D eigenvalue weighted by atomic mass is 9.96. The van der Waals surface area contributed by atoms with Gasteiger partial charge in [0.25, 0.3) is 0 Å². The van der Waals surface area contributed by atoms with Crippen LogP contribution in [0.25, 0.3) is 0 Å². The van der Waals surface area contributed by atoms with Crippen LogP contribution in [-0.4, -0.2) is 55.9 Å². The first-order chi connectivity index (χ1) is 15.0. The molecule has 9 nitrogen and oxygen atoms in total. The molecule has 32 heavy (non-hydrogen) atoms. The second-order valence-electron chi connectivity index (χ2n) is 7.45. The number of hydrogen-bond acceptors (Lipinski definition) is 8. The molecule has 0 saturated heterocycles. The molecule has 2 aromatic rings. The Kier molecular flexibility index (Phi) is 11.0. The van der Waals surface area contributed by atoms with E-state index in [1.165, 1.54) is 16.0 Å².